The van der Waals surface area contributed by atoms with Crippen LogP contribution in [0.4, 0.5) is 10.2 Å². The molecule has 9 heteroatoms. The van der Waals surface area contributed by atoms with Gasteiger partial charge in [0.1, 0.15) is 28.6 Å². The van der Waals surface area contributed by atoms with Crippen molar-refractivity contribution in [2.24, 2.45) is 5.73 Å². The highest BCUT2D eigenvalue weighted by Gasteiger charge is 2.41. The van der Waals surface area contributed by atoms with E-state index in [1.807, 2.05) is 0 Å². The molecular formula is C25H24FN5O3. The van der Waals surface area contributed by atoms with Gasteiger partial charge in [-0.15, -0.1) is 0 Å². The summed E-state index contributed by atoms with van der Waals surface area (Å²) in [5.74, 6) is -0.400. The van der Waals surface area contributed by atoms with Gasteiger partial charge in [0.15, 0.2) is 0 Å². The fraction of sp³-hybridized carbons (Fsp3) is 0.240. The molecule has 5 N–H and O–H groups in total. The fourth-order valence-corrected chi connectivity index (χ4v) is 4.62. The largest absolute Gasteiger partial charge is 0.496 e. The van der Waals surface area contributed by atoms with Crippen LogP contribution in [0.3, 0.4) is 0 Å². The Hall–Kier alpha value is -3.98. The highest BCUT2D eigenvalue weighted by atomic mass is 19.1. The number of hydrogen-bond acceptors (Lipinski definition) is 6. The molecule has 1 saturated carbocycles. The predicted molar refractivity (Wildman–Crippen MR) is 127 cm³/mol. The van der Waals surface area contributed by atoms with Crippen molar-refractivity contribution in [3.63, 3.8) is 0 Å². The second-order valence-corrected chi connectivity index (χ2v) is 8.90. The Labute approximate surface area is 195 Å². The number of ether oxygens (including phenoxy) is 1. The summed E-state index contributed by atoms with van der Waals surface area (Å²) in [6.07, 6.45) is 0.942. The normalized spacial score (nSPS) is 19.7. The molecule has 0 atom stereocenters. The van der Waals surface area contributed by atoms with Crippen LogP contribution >= 0.6 is 0 Å². The molecule has 2 heterocycles. The van der Waals surface area contributed by atoms with Gasteiger partial charge in [0.25, 0.3) is 5.91 Å². The molecule has 1 aliphatic carbocycles. The molecule has 2 aromatic carbocycles. The Morgan fingerprint density at radius 1 is 1.24 bits per heavy atom. The summed E-state index contributed by atoms with van der Waals surface area (Å²) in [6.45, 7) is 1.74. The molecule has 0 saturated heterocycles. The van der Waals surface area contributed by atoms with Gasteiger partial charge in [-0.1, -0.05) is 18.2 Å². The lowest BCUT2D eigenvalue weighted by molar-refractivity contribution is -0.0535. The van der Waals surface area contributed by atoms with Crippen LogP contribution in [-0.4, -0.2) is 38.5 Å². The molecule has 8 nitrogen and oxygen atoms in total. The second-order valence-electron chi connectivity index (χ2n) is 8.90. The third-order valence-electron chi connectivity index (χ3n) is 6.31. The predicted octanol–water partition coefficient (Wildman–Crippen LogP) is 3.68. The standard InChI is InChI=1S/C25H24FN5O3/c1-25(33)11-14(12-25)31-23(27)21(24(28)32)22(30-31)13-7-8-16-18(9-13)29-19(10-20(16)34-2)15-5-3-4-6-17(15)26/h3-10,14,33H,11-12,27H2,1-2H3,(H2,28,32)/t14-,25+. The molecule has 1 amide bonds. The van der Waals surface area contributed by atoms with Crippen molar-refractivity contribution < 1.29 is 19.0 Å². The van der Waals surface area contributed by atoms with E-state index in [1.54, 1.807) is 54.1 Å². The lowest BCUT2D eigenvalue weighted by atomic mass is 9.77. The molecule has 5 rings (SSSR count). The SMILES string of the molecule is COc1cc(-c2ccccc2F)nc2cc(-c3nn([C@H]4C[C@@](C)(O)C4)c(N)c3C(N)=O)ccc12. The average molecular weight is 461 g/mol. The molecule has 0 radical (unpaired) electrons. The third kappa shape index (κ3) is 3.54. The van der Waals surface area contributed by atoms with E-state index in [2.05, 4.69) is 10.1 Å². The summed E-state index contributed by atoms with van der Waals surface area (Å²) in [7, 11) is 1.54. The molecule has 2 aromatic heterocycles. The van der Waals surface area contributed by atoms with Crippen molar-refractivity contribution in [3.05, 3.63) is 59.9 Å². The molecule has 4 aromatic rings. The number of halogens is 1. The molecular weight excluding hydrogens is 437 g/mol. The zero-order valence-corrected chi connectivity index (χ0v) is 18.7. The number of carbonyl (C=O) groups excluding carboxylic acids is 1. The van der Waals surface area contributed by atoms with Crippen molar-refractivity contribution in [3.8, 4) is 28.3 Å². The summed E-state index contributed by atoms with van der Waals surface area (Å²) in [5.41, 5.74) is 13.4. The smallest absolute Gasteiger partial charge is 0.254 e. The molecule has 1 aliphatic rings. The lowest BCUT2D eigenvalue weighted by Crippen LogP contribution is -2.42. The van der Waals surface area contributed by atoms with E-state index in [0.717, 1.165) is 5.39 Å². The number of primary amides is 1. The first-order valence-electron chi connectivity index (χ1n) is 10.8. The molecule has 0 spiro atoms. The number of aliphatic hydroxyl groups is 1. The number of nitrogens with two attached hydrogens (primary N) is 2. The first-order valence-corrected chi connectivity index (χ1v) is 10.8. The van der Waals surface area contributed by atoms with Crippen LogP contribution in [0, 0.1) is 5.82 Å². The van der Waals surface area contributed by atoms with E-state index in [1.165, 1.54) is 13.2 Å². The van der Waals surface area contributed by atoms with E-state index in [4.69, 9.17) is 16.2 Å². The Bertz CT molecular complexity index is 1440. The van der Waals surface area contributed by atoms with Crippen molar-refractivity contribution in [2.45, 2.75) is 31.4 Å². The van der Waals surface area contributed by atoms with Gasteiger partial charge in [-0.3, -0.25) is 4.79 Å². The lowest BCUT2D eigenvalue weighted by Gasteiger charge is -2.41. The number of aromatic nitrogens is 3. The molecule has 1 fully saturated rings. The van der Waals surface area contributed by atoms with Crippen LogP contribution in [0.2, 0.25) is 0 Å². The summed E-state index contributed by atoms with van der Waals surface area (Å²) < 4.78 is 21.5. The van der Waals surface area contributed by atoms with Crippen LogP contribution in [0.5, 0.6) is 5.75 Å². The second kappa shape index (κ2) is 7.81. The van der Waals surface area contributed by atoms with Crippen molar-refractivity contribution in [2.75, 3.05) is 12.8 Å². The Morgan fingerprint density at radius 3 is 2.62 bits per heavy atom. The van der Waals surface area contributed by atoms with Crippen molar-refractivity contribution >= 4 is 22.6 Å². The maximum Gasteiger partial charge on any atom is 0.254 e. The minimum absolute atomic E-state index is 0.114. The molecule has 0 aliphatic heterocycles. The number of hydrogen-bond donors (Lipinski definition) is 3. The molecule has 0 bridgehead atoms. The zero-order valence-electron chi connectivity index (χ0n) is 18.7. The first kappa shape index (κ1) is 21.8. The van der Waals surface area contributed by atoms with E-state index in [0.29, 0.717) is 46.6 Å². The van der Waals surface area contributed by atoms with E-state index >= 15 is 0 Å². The van der Waals surface area contributed by atoms with Crippen LogP contribution in [-0.2, 0) is 0 Å². The summed E-state index contributed by atoms with van der Waals surface area (Å²) in [5, 5.41) is 15.4. The summed E-state index contributed by atoms with van der Waals surface area (Å²) in [6, 6.07) is 13.3. The molecule has 0 unspecified atom stereocenters. The number of carbonyl (C=O) groups is 1. The fourth-order valence-electron chi connectivity index (χ4n) is 4.62. The maximum absolute atomic E-state index is 14.4. The maximum atomic E-state index is 14.4. The number of nitrogen functional groups attached to an aromatic ring is 1. The number of methoxy groups -OCH3 is 1. The quantitative estimate of drug-likeness (QED) is 0.416. The van der Waals surface area contributed by atoms with Gasteiger partial charge in [0, 0.05) is 22.6 Å². The van der Waals surface area contributed by atoms with Crippen molar-refractivity contribution in [1.29, 1.82) is 0 Å². The van der Waals surface area contributed by atoms with Crippen molar-refractivity contribution in [1.82, 2.24) is 14.8 Å². The van der Waals surface area contributed by atoms with Gasteiger partial charge >= 0.3 is 0 Å². The zero-order chi connectivity index (χ0) is 24.2. The van der Waals surface area contributed by atoms with Crippen LogP contribution in [0.25, 0.3) is 33.4 Å². The van der Waals surface area contributed by atoms with Gasteiger partial charge < -0.3 is 21.3 Å². The van der Waals surface area contributed by atoms with Gasteiger partial charge in [-0.05, 0) is 44.0 Å². The topological polar surface area (TPSA) is 129 Å². The Balaban J connectivity index is 1.66. The monoisotopic (exact) mass is 461 g/mol. The number of amides is 1. The van der Waals surface area contributed by atoms with Gasteiger partial charge in [-0.2, -0.15) is 5.10 Å². The number of nitrogens with zero attached hydrogens (tertiary/aromatic N) is 3. The first-order chi connectivity index (χ1) is 16.2. The highest BCUT2D eigenvalue weighted by Crippen LogP contribution is 2.43. The number of benzene rings is 2. The molecule has 34 heavy (non-hydrogen) atoms. The minimum atomic E-state index is -0.789. The number of pyridine rings is 1. The van der Waals surface area contributed by atoms with E-state index < -0.39 is 17.3 Å². The number of rotatable bonds is 5. The Kier molecular flexibility index (Phi) is 5.02. The van der Waals surface area contributed by atoms with Crippen LogP contribution in [0.1, 0.15) is 36.2 Å². The summed E-state index contributed by atoms with van der Waals surface area (Å²) in [4.78, 5) is 16.9. The van der Waals surface area contributed by atoms with Gasteiger partial charge in [-0.25, -0.2) is 14.1 Å². The van der Waals surface area contributed by atoms with Gasteiger partial charge in [0.2, 0.25) is 0 Å². The Morgan fingerprint density at radius 2 is 1.97 bits per heavy atom. The number of anilines is 1. The summed E-state index contributed by atoms with van der Waals surface area (Å²) >= 11 is 0. The van der Waals surface area contributed by atoms with Crippen LogP contribution in [0.15, 0.2) is 48.5 Å². The van der Waals surface area contributed by atoms with E-state index in [9.17, 15) is 14.3 Å². The minimum Gasteiger partial charge on any atom is -0.496 e. The highest BCUT2D eigenvalue weighted by molar-refractivity contribution is 6.04. The van der Waals surface area contributed by atoms with E-state index in [-0.39, 0.29) is 17.4 Å². The third-order valence-corrected chi connectivity index (χ3v) is 6.31. The van der Waals surface area contributed by atoms with Gasteiger partial charge in [0.05, 0.1) is 30.0 Å². The number of fused-ring (bicyclic) bond motifs is 1. The van der Waals surface area contributed by atoms with Crippen LogP contribution < -0.4 is 16.2 Å². The average Bonchev–Trinajstić information content (AvgIpc) is 3.13. The molecule has 174 valence electrons.